The highest BCUT2D eigenvalue weighted by Crippen LogP contribution is 2.28. The van der Waals surface area contributed by atoms with Gasteiger partial charge in [-0.25, -0.2) is 0 Å². The SMILES string of the molecule is CCN(CC)C(=O)CCNC(=O)CC1(N)CCCCC1. The minimum Gasteiger partial charge on any atom is -0.356 e. The van der Waals surface area contributed by atoms with Crippen LogP contribution in [0.25, 0.3) is 0 Å². The lowest BCUT2D eigenvalue weighted by Gasteiger charge is -2.32. The highest BCUT2D eigenvalue weighted by Gasteiger charge is 2.29. The summed E-state index contributed by atoms with van der Waals surface area (Å²) in [7, 11) is 0. The second-order valence-electron chi connectivity index (χ2n) is 5.77. The summed E-state index contributed by atoms with van der Waals surface area (Å²) >= 11 is 0. The number of nitrogens with zero attached hydrogens (tertiary/aromatic N) is 1. The standard InChI is InChI=1S/C15H29N3O2/c1-3-18(4-2)14(20)8-11-17-13(19)12-15(16)9-6-5-7-10-15/h3-12,16H2,1-2H3,(H,17,19). The normalized spacial score (nSPS) is 17.6. The molecule has 1 saturated carbocycles. The predicted molar refractivity (Wildman–Crippen MR) is 80.2 cm³/mol. The summed E-state index contributed by atoms with van der Waals surface area (Å²) in [5, 5.41) is 2.82. The Kier molecular flexibility index (Phi) is 6.99. The molecule has 0 saturated heterocycles. The molecule has 5 nitrogen and oxygen atoms in total. The fourth-order valence-corrected chi connectivity index (χ4v) is 2.86. The van der Waals surface area contributed by atoms with Crippen LogP contribution in [0.4, 0.5) is 0 Å². The third-order valence-corrected chi connectivity index (χ3v) is 4.14. The van der Waals surface area contributed by atoms with Crippen molar-refractivity contribution >= 4 is 11.8 Å². The predicted octanol–water partition coefficient (Wildman–Crippen LogP) is 1.41. The van der Waals surface area contributed by atoms with Gasteiger partial charge >= 0.3 is 0 Å². The molecule has 1 aliphatic rings. The number of carbonyl (C=O) groups is 2. The minimum absolute atomic E-state index is 0.0262. The number of hydrogen-bond acceptors (Lipinski definition) is 3. The Balaban J connectivity index is 2.24. The van der Waals surface area contributed by atoms with E-state index in [1.54, 1.807) is 4.90 Å². The van der Waals surface area contributed by atoms with E-state index in [-0.39, 0.29) is 17.4 Å². The molecule has 1 fully saturated rings. The first-order valence-corrected chi connectivity index (χ1v) is 7.84. The molecule has 5 heteroatoms. The van der Waals surface area contributed by atoms with Crippen molar-refractivity contribution in [3.8, 4) is 0 Å². The fourth-order valence-electron chi connectivity index (χ4n) is 2.86. The summed E-state index contributed by atoms with van der Waals surface area (Å²) < 4.78 is 0. The van der Waals surface area contributed by atoms with Gasteiger partial charge in [-0.3, -0.25) is 9.59 Å². The molecule has 0 aromatic carbocycles. The van der Waals surface area contributed by atoms with Gasteiger partial charge in [0.25, 0.3) is 0 Å². The van der Waals surface area contributed by atoms with Crippen LogP contribution >= 0.6 is 0 Å². The first-order valence-electron chi connectivity index (χ1n) is 7.84. The van der Waals surface area contributed by atoms with Crippen molar-refractivity contribution in [1.29, 1.82) is 0 Å². The molecular weight excluding hydrogens is 254 g/mol. The van der Waals surface area contributed by atoms with E-state index in [0.29, 0.717) is 19.4 Å². The molecule has 1 aliphatic carbocycles. The van der Waals surface area contributed by atoms with Crippen molar-refractivity contribution in [2.45, 2.75) is 64.3 Å². The van der Waals surface area contributed by atoms with E-state index in [0.717, 1.165) is 38.8 Å². The van der Waals surface area contributed by atoms with Crippen LogP contribution in [0.3, 0.4) is 0 Å². The molecule has 0 heterocycles. The van der Waals surface area contributed by atoms with E-state index < -0.39 is 0 Å². The zero-order valence-corrected chi connectivity index (χ0v) is 12.9. The van der Waals surface area contributed by atoms with Gasteiger partial charge < -0.3 is 16.0 Å². The Morgan fingerprint density at radius 1 is 1.15 bits per heavy atom. The monoisotopic (exact) mass is 283 g/mol. The van der Waals surface area contributed by atoms with Crippen molar-refractivity contribution in [3.05, 3.63) is 0 Å². The Bertz CT molecular complexity index is 321. The van der Waals surface area contributed by atoms with Crippen molar-refractivity contribution in [1.82, 2.24) is 10.2 Å². The van der Waals surface area contributed by atoms with Gasteiger partial charge in [-0.1, -0.05) is 19.3 Å². The molecule has 0 aromatic heterocycles. The second kappa shape index (κ2) is 8.25. The largest absolute Gasteiger partial charge is 0.356 e. The number of hydrogen-bond donors (Lipinski definition) is 2. The average molecular weight is 283 g/mol. The zero-order valence-electron chi connectivity index (χ0n) is 12.9. The van der Waals surface area contributed by atoms with E-state index in [4.69, 9.17) is 5.73 Å². The summed E-state index contributed by atoms with van der Waals surface area (Å²) in [6.07, 6.45) is 6.06. The van der Waals surface area contributed by atoms with Crippen LogP contribution in [0.2, 0.25) is 0 Å². The van der Waals surface area contributed by atoms with Gasteiger partial charge in [0, 0.05) is 38.0 Å². The molecule has 0 atom stereocenters. The van der Waals surface area contributed by atoms with E-state index in [2.05, 4.69) is 5.32 Å². The van der Waals surface area contributed by atoms with Crippen molar-refractivity contribution in [2.24, 2.45) is 5.73 Å². The second-order valence-corrected chi connectivity index (χ2v) is 5.77. The van der Waals surface area contributed by atoms with Crippen LogP contribution in [-0.2, 0) is 9.59 Å². The van der Waals surface area contributed by atoms with Gasteiger partial charge in [-0.2, -0.15) is 0 Å². The van der Waals surface area contributed by atoms with Gasteiger partial charge in [-0.15, -0.1) is 0 Å². The zero-order chi connectivity index (χ0) is 15.0. The van der Waals surface area contributed by atoms with Crippen molar-refractivity contribution < 1.29 is 9.59 Å². The summed E-state index contributed by atoms with van der Waals surface area (Å²) in [5.41, 5.74) is 5.92. The van der Waals surface area contributed by atoms with Crippen LogP contribution in [0.1, 0.15) is 58.8 Å². The lowest BCUT2D eigenvalue weighted by atomic mass is 9.80. The molecule has 3 N–H and O–H groups in total. The summed E-state index contributed by atoms with van der Waals surface area (Å²) in [6, 6.07) is 0. The molecule has 1 rings (SSSR count). The first-order chi connectivity index (χ1) is 9.50. The molecule has 0 bridgehead atoms. The average Bonchev–Trinajstić information content (AvgIpc) is 2.40. The minimum atomic E-state index is -0.328. The molecule has 0 aromatic rings. The lowest BCUT2D eigenvalue weighted by Crippen LogP contribution is -2.46. The van der Waals surface area contributed by atoms with Crippen LogP contribution in [-0.4, -0.2) is 41.9 Å². The highest BCUT2D eigenvalue weighted by atomic mass is 16.2. The molecule has 0 aliphatic heterocycles. The Labute approximate surface area is 122 Å². The Morgan fingerprint density at radius 3 is 2.30 bits per heavy atom. The molecule has 2 amide bonds. The summed E-state index contributed by atoms with van der Waals surface area (Å²) in [4.78, 5) is 25.5. The third-order valence-electron chi connectivity index (χ3n) is 4.14. The fraction of sp³-hybridized carbons (Fsp3) is 0.867. The quantitative estimate of drug-likeness (QED) is 0.742. The van der Waals surface area contributed by atoms with Crippen LogP contribution in [0, 0.1) is 0 Å². The van der Waals surface area contributed by atoms with E-state index in [1.165, 1.54) is 6.42 Å². The van der Waals surface area contributed by atoms with Gasteiger partial charge in [-0.05, 0) is 26.7 Å². The topological polar surface area (TPSA) is 75.4 Å². The van der Waals surface area contributed by atoms with Crippen LogP contribution < -0.4 is 11.1 Å². The first kappa shape index (κ1) is 17.0. The number of rotatable bonds is 7. The molecule has 0 spiro atoms. The maximum absolute atomic E-state index is 11.9. The number of amides is 2. The van der Waals surface area contributed by atoms with Crippen molar-refractivity contribution in [2.75, 3.05) is 19.6 Å². The molecular formula is C15H29N3O2. The Morgan fingerprint density at radius 2 is 1.75 bits per heavy atom. The smallest absolute Gasteiger partial charge is 0.224 e. The van der Waals surface area contributed by atoms with E-state index >= 15 is 0 Å². The molecule has 20 heavy (non-hydrogen) atoms. The van der Waals surface area contributed by atoms with Crippen LogP contribution in [0.5, 0.6) is 0 Å². The summed E-state index contributed by atoms with van der Waals surface area (Å²) in [6.45, 7) is 5.76. The van der Waals surface area contributed by atoms with Gasteiger partial charge in [0.05, 0.1) is 0 Å². The summed E-state index contributed by atoms with van der Waals surface area (Å²) in [5.74, 6) is 0.0668. The number of nitrogens with two attached hydrogens (primary N) is 1. The number of carbonyl (C=O) groups excluding carboxylic acids is 2. The Hall–Kier alpha value is -1.10. The van der Waals surface area contributed by atoms with Gasteiger partial charge in [0.2, 0.25) is 11.8 Å². The van der Waals surface area contributed by atoms with Gasteiger partial charge in [0.15, 0.2) is 0 Å². The third kappa shape index (κ3) is 5.49. The maximum Gasteiger partial charge on any atom is 0.224 e. The van der Waals surface area contributed by atoms with E-state index in [9.17, 15) is 9.59 Å². The molecule has 0 radical (unpaired) electrons. The molecule has 116 valence electrons. The highest BCUT2D eigenvalue weighted by molar-refractivity contribution is 5.79. The van der Waals surface area contributed by atoms with Gasteiger partial charge in [0.1, 0.15) is 0 Å². The van der Waals surface area contributed by atoms with Crippen molar-refractivity contribution in [3.63, 3.8) is 0 Å². The van der Waals surface area contributed by atoms with Crippen LogP contribution in [0.15, 0.2) is 0 Å². The van der Waals surface area contributed by atoms with E-state index in [1.807, 2.05) is 13.8 Å². The number of nitrogens with one attached hydrogen (secondary N) is 1. The lowest BCUT2D eigenvalue weighted by molar-refractivity contribution is -0.130. The maximum atomic E-state index is 11.9. The molecule has 0 unspecified atom stereocenters.